The molecular weight excluding hydrogens is 276 g/mol. The van der Waals surface area contributed by atoms with Crippen molar-refractivity contribution in [1.29, 1.82) is 0 Å². The van der Waals surface area contributed by atoms with E-state index in [0.29, 0.717) is 13.2 Å². The molecule has 2 rings (SSSR count). The van der Waals surface area contributed by atoms with Gasteiger partial charge in [0.05, 0.1) is 18.1 Å². The molecule has 0 aromatic carbocycles. The number of aromatic nitrogens is 1. The number of piperazine rings is 1. The molecule has 0 unspecified atom stereocenters. The van der Waals surface area contributed by atoms with Gasteiger partial charge in [0.2, 0.25) is 0 Å². The number of carbonyl (C=O) groups is 1. The number of anilines is 1. The van der Waals surface area contributed by atoms with Crippen LogP contribution in [-0.2, 0) is 9.53 Å². The molecule has 114 valence electrons. The van der Waals surface area contributed by atoms with Crippen molar-refractivity contribution in [2.75, 3.05) is 44.2 Å². The van der Waals surface area contributed by atoms with Crippen LogP contribution >= 0.6 is 0 Å². The summed E-state index contributed by atoms with van der Waals surface area (Å²) in [5.74, 6) is 0.510. The van der Waals surface area contributed by atoms with E-state index in [4.69, 9.17) is 4.74 Å². The Morgan fingerprint density at radius 1 is 1.38 bits per heavy atom. The van der Waals surface area contributed by atoms with Crippen LogP contribution in [0.1, 0.15) is 6.92 Å². The lowest BCUT2D eigenvalue weighted by Gasteiger charge is -2.34. The highest BCUT2D eigenvalue weighted by Gasteiger charge is 2.20. The molecule has 1 aliphatic heterocycles. The Bertz CT molecular complexity index is 497. The van der Waals surface area contributed by atoms with Gasteiger partial charge in [-0.25, -0.2) is 4.98 Å². The summed E-state index contributed by atoms with van der Waals surface area (Å²) < 4.78 is 4.92. The molecule has 0 aliphatic carbocycles. The first-order valence-electron chi connectivity index (χ1n) is 6.83. The van der Waals surface area contributed by atoms with Crippen molar-refractivity contribution in [3.63, 3.8) is 0 Å². The van der Waals surface area contributed by atoms with Crippen molar-refractivity contribution in [3.05, 3.63) is 28.4 Å². The first kappa shape index (κ1) is 15.2. The quantitative estimate of drug-likeness (QED) is 0.448. The molecule has 1 aliphatic rings. The fourth-order valence-corrected chi connectivity index (χ4v) is 2.20. The van der Waals surface area contributed by atoms with E-state index in [2.05, 4.69) is 4.98 Å². The molecule has 0 radical (unpaired) electrons. The van der Waals surface area contributed by atoms with E-state index < -0.39 is 4.92 Å². The number of nitro groups is 1. The molecule has 0 atom stereocenters. The normalized spacial score (nSPS) is 15.8. The van der Waals surface area contributed by atoms with E-state index in [1.165, 1.54) is 12.3 Å². The van der Waals surface area contributed by atoms with Crippen LogP contribution in [0.2, 0.25) is 0 Å². The maximum absolute atomic E-state index is 11.4. The summed E-state index contributed by atoms with van der Waals surface area (Å²) in [6.07, 6.45) is 1.26. The van der Waals surface area contributed by atoms with Crippen LogP contribution in [0.3, 0.4) is 0 Å². The predicted molar refractivity (Wildman–Crippen MR) is 76.2 cm³/mol. The SMILES string of the molecule is CCOC(=O)CN1CCN(c2ccc([N+](=O)[O-])cn2)CC1. The Balaban J connectivity index is 1.86. The maximum Gasteiger partial charge on any atom is 0.320 e. The van der Waals surface area contributed by atoms with Crippen molar-refractivity contribution in [2.45, 2.75) is 6.92 Å². The minimum absolute atomic E-state index is 0.0142. The Hall–Kier alpha value is -2.22. The lowest BCUT2D eigenvalue weighted by molar-refractivity contribution is -0.385. The second kappa shape index (κ2) is 6.98. The first-order valence-corrected chi connectivity index (χ1v) is 6.83. The van der Waals surface area contributed by atoms with Gasteiger partial charge < -0.3 is 9.64 Å². The summed E-state index contributed by atoms with van der Waals surface area (Å²) >= 11 is 0. The summed E-state index contributed by atoms with van der Waals surface area (Å²) in [6.45, 7) is 5.40. The zero-order chi connectivity index (χ0) is 15.2. The van der Waals surface area contributed by atoms with Crippen LogP contribution in [0.25, 0.3) is 0 Å². The molecule has 0 saturated carbocycles. The summed E-state index contributed by atoms with van der Waals surface area (Å²) in [5.41, 5.74) is -0.0142. The predicted octanol–water partition coefficient (Wildman–Crippen LogP) is 0.675. The molecule has 1 fully saturated rings. The van der Waals surface area contributed by atoms with Crippen LogP contribution in [-0.4, -0.2) is 60.1 Å². The highest BCUT2D eigenvalue weighted by atomic mass is 16.6. The van der Waals surface area contributed by atoms with Crippen LogP contribution in [0.5, 0.6) is 0 Å². The zero-order valence-corrected chi connectivity index (χ0v) is 11.9. The van der Waals surface area contributed by atoms with Crippen molar-refractivity contribution in [2.24, 2.45) is 0 Å². The monoisotopic (exact) mass is 294 g/mol. The molecule has 1 aromatic heterocycles. The average Bonchev–Trinajstić information content (AvgIpc) is 2.48. The first-order chi connectivity index (χ1) is 10.1. The third kappa shape index (κ3) is 4.12. The molecule has 2 heterocycles. The maximum atomic E-state index is 11.4. The van der Waals surface area contributed by atoms with Gasteiger partial charge in [-0.1, -0.05) is 0 Å². The van der Waals surface area contributed by atoms with Gasteiger partial charge in [0.1, 0.15) is 12.0 Å². The van der Waals surface area contributed by atoms with Gasteiger partial charge in [-0.05, 0) is 13.0 Å². The fourth-order valence-electron chi connectivity index (χ4n) is 2.20. The summed E-state index contributed by atoms with van der Waals surface area (Å²) in [4.78, 5) is 29.7. The van der Waals surface area contributed by atoms with E-state index >= 15 is 0 Å². The molecule has 1 aromatic rings. The zero-order valence-electron chi connectivity index (χ0n) is 11.9. The van der Waals surface area contributed by atoms with Gasteiger partial charge in [0.15, 0.2) is 0 Å². The Labute approximate surface area is 122 Å². The molecule has 1 saturated heterocycles. The number of ether oxygens (including phenoxy) is 1. The molecule has 0 bridgehead atoms. The molecular formula is C13H18N4O4. The summed E-state index contributed by atoms with van der Waals surface area (Å²) in [6, 6.07) is 3.10. The summed E-state index contributed by atoms with van der Waals surface area (Å²) in [7, 11) is 0. The van der Waals surface area contributed by atoms with Gasteiger partial charge in [-0.3, -0.25) is 19.8 Å². The second-order valence-corrected chi connectivity index (χ2v) is 4.70. The van der Waals surface area contributed by atoms with Gasteiger partial charge in [0, 0.05) is 32.2 Å². The van der Waals surface area contributed by atoms with E-state index in [1.807, 2.05) is 9.80 Å². The van der Waals surface area contributed by atoms with Gasteiger partial charge in [-0.2, -0.15) is 0 Å². The Kier molecular flexibility index (Phi) is 5.04. The van der Waals surface area contributed by atoms with E-state index in [9.17, 15) is 14.9 Å². The Morgan fingerprint density at radius 2 is 2.10 bits per heavy atom. The van der Waals surface area contributed by atoms with Crippen molar-refractivity contribution in [3.8, 4) is 0 Å². The molecule has 0 spiro atoms. The number of hydrogen-bond donors (Lipinski definition) is 0. The lowest BCUT2D eigenvalue weighted by Crippen LogP contribution is -2.48. The number of nitrogens with zero attached hydrogens (tertiary/aromatic N) is 4. The van der Waals surface area contributed by atoms with Crippen molar-refractivity contribution < 1.29 is 14.5 Å². The van der Waals surface area contributed by atoms with E-state index in [1.54, 1.807) is 13.0 Å². The van der Waals surface area contributed by atoms with Gasteiger partial charge in [0.25, 0.3) is 5.69 Å². The standard InChI is InChI=1S/C13H18N4O4/c1-2-21-13(18)10-15-5-7-16(8-6-15)12-4-3-11(9-14-12)17(19)20/h3-4,9H,2,5-8,10H2,1H3. The minimum atomic E-state index is -0.464. The van der Waals surface area contributed by atoms with Crippen LogP contribution in [0.15, 0.2) is 18.3 Å². The van der Waals surface area contributed by atoms with Gasteiger partial charge in [-0.15, -0.1) is 0 Å². The number of carbonyl (C=O) groups excluding carboxylic acids is 1. The molecule has 8 nitrogen and oxygen atoms in total. The smallest absolute Gasteiger partial charge is 0.320 e. The largest absolute Gasteiger partial charge is 0.465 e. The number of rotatable bonds is 5. The third-order valence-electron chi connectivity index (χ3n) is 3.30. The Morgan fingerprint density at radius 3 is 2.62 bits per heavy atom. The highest BCUT2D eigenvalue weighted by Crippen LogP contribution is 2.17. The van der Waals surface area contributed by atoms with Crippen LogP contribution < -0.4 is 4.90 Å². The second-order valence-electron chi connectivity index (χ2n) is 4.70. The van der Waals surface area contributed by atoms with Crippen molar-refractivity contribution in [1.82, 2.24) is 9.88 Å². The minimum Gasteiger partial charge on any atom is -0.465 e. The number of esters is 1. The third-order valence-corrected chi connectivity index (χ3v) is 3.30. The fraction of sp³-hybridized carbons (Fsp3) is 0.538. The lowest BCUT2D eigenvalue weighted by atomic mass is 10.3. The molecule has 8 heteroatoms. The van der Waals surface area contributed by atoms with E-state index in [-0.39, 0.29) is 11.7 Å². The molecule has 0 N–H and O–H groups in total. The topological polar surface area (TPSA) is 88.8 Å². The summed E-state index contributed by atoms with van der Waals surface area (Å²) in [5, 5.41) is 10.6. The number of hydrogen-bond acceptors (Lipinski definition) is 7. The van der Waals surface area contributed by atoms with Crippen LogP contribution in [0.4, 0.5) is 11.5 Å². The average molecular weight is 294 g/mol. The van der Waals surface area contributed by atoms with Gasteiger partial charge >= 0.3 is 5.97 Å². The molecule has 0 amide bonds. The van der Waals surface area contributed by atoms with Crippen LogP contribution in [0, 0.1) is 10.1 Å². The van der Waals surface area contributed by atoms with E-state index in [0.717, 1.165) is 32.0 Å². The molecule has 21 heavy (non-hydrogen) atoms. The van der Waals surface area contributed by atoms with Crippen molar-refractivity contribution >= 4 is 17.5 Å². The highest BCUT2D eigenvalue weighted by molar-refractivity contribution is 5.71. The number of pyridine rings is 1.